The van der Waals surface area contributed by atoms with E-state index in [9.17, 15) is 14.7 Å². The van der Waals surface area contributed by atoms with E-state index in [-0.39, 0.29) is 5.57 Å². The average molecular weight is 460 g/mol. The summed E-state index contributed by atoms with van der Waals surface area (Å²) in [5.74, 6) is -0.525. The molecule has 3 heterocycles. The van der Waals surface area contributed by atoms with Crippen molar-refractivity contribution in [1.29, 1.82) is 0 Å². The van der Waals surface area contributed by atoms with E-state index in [0.717, 1.165) is 0 Å². The van der Waals surface area contributed by atoms with Crippen LogP contribution in [0.4, 0.5) is 0 Å². The Morgan fingerprint density at radius 3 is 2.88 bits per heavy atom. The molecule has 174 valence electrons. The standard InChI is InChI=1S/C26H25N3O5/c1-2-15-33-21-7-3-6-19(17-21)24-23(22(30)10-9-20-8-4-16-34-20)25(31)26(32)29(24)13-5-12-28-14-11-27-18-28/h2-4,6-11,14,16-18,24,31H,1,5,12-13,15H2/b10-9+. The summed E-state index contributed by atoms with van der Waals surface area (Å²) in [6.07, 6.45) is 11.8. The van der Waals surface area contributed by atoms with Gasteiger partial charge >= 0.3 is 0 Å². The molecule has 8 heteroatoms. The highest BCUT2D eigenvalue weighted by atomic mass is 16.5. The molecule has 1 aromatic carbocycles. The van der Waals surface area contributed by atoms with Crippen LogP contribution in [0.25, 0.3) is 6.08 Å². The van der Waals surface area contributed by atoms with Gasteiger partial charge in [0, 0.05) is 25.5 Å². The van der Waals surface area contributed by atoms with Crippen LogP contribution in [-0.2, 0) is 16.1 Å². The van der Waals surface area contributed by atoms with Crippen molar-refractivity contribution in [2.45, 2.75) is 19.0 Å². The zero-order valence-corrected chi connectivity index (χ0v) is 18.5. The van der Waals surface area contributed by atoms with Crippen LogP contribution in [0.5, 0.6) is 5.75 Å². The van der Waals surface area contributed by atoms with E-state index in [4.69, 9.17) is 9.15 Å². The van der Waals surface area contributed by atoms with Gasteiger partial charge in [-0.05, 0) is 48.4 Å². The molecule has 0 saturated carbocycles. The minimum absolute atomic E-state index is 0.0244. The Kier molecular flexibility index (Phi) is 7.07. The first-order valence-corrected chi connectivity index (χ1v) is 10.9. The van der Waals surface area contributed by atoms with Crippen LogP contribution in [0.1, 0.15) is 23.8 Å². The van der Waals surface area contributed by atoms with E-state index >= 15 is 0 Å². The number of nitrogens with zero attached hydrogens (tertiary/aromatic N) is 3. The number of ketones is 1. The Bertz CT molecular complexity index is 1210. The van der Waals surface area contributed by atoms with Crippen LogP contribution >= 0.6 is 0 Å². The largest absolute Gasteiger partial charge is 0.503 e. The van der Waals surface area contributed by atoms with Crippen molar-refractivity contribution in [3.63, 3.8) is 0 Å². The van der Waals surface area contributed by atoms with Crippen molar-refractivity contribution in [2.75, 3.05) is 13.2 Å². The van der Waals surface area contributed by atoms with Crippen LogP contribution in [0.2, 0.25) is 0 Å². The third-order valence-electron chi connectivity index (χ3n) is 5.43. The summed E-state index contributed by atoms with van der Waals surface area (Å²) in [7, 11) is 0. The van der Waals surface area contributed by atoms with Gasteiger partial charge in [-0.3, -0.25) is 9.59 Å². The molecular formula is C26H25N3O5. The van der Waals surface area contributed by atoms with Crippen LogP contribution in [0, 0.1) is 0 Å². The molecule has 1 unspecified atom stereocenters. The Balaban J connectivity index is 1.64. The zero-order chi connectivity index (χ0) is 23.9. The Morgan fingerprint density at radius 1 is 1.26 bits per heavy atom. The van der Waals surface area contributed by atoms with Crippen LogP contribution < -0.4 is 4.74 Å². The lowest BCUT2D eigenvalue weighted by molar-refractivity contribution is -0.129. The predicted octanol–water partition coefficient (Wildman–Crippen LogP) is 4.11. The summed E-state index contributed by atoms with van der Waals surface area (Å²) in [4.78, 5) is 31.8. The van der Waals surface area contributed by atoms with Gasteiger partial charge < -0.3 is 23.7 Å². The molecule has 0 spiro atoms. The number of allylic oxidation sites excluding steroid dienone is 1. The molecule has 8 nitrogen and oxygen atoms in total. The van der Waals surface area contributed by atoms with Gasteiger partial charge in [0.15, 0.2) is 11.5 Å². The third-order valence-corrected chi connectivity index (χ3v) is 5.43. The molecule has 0 saturated heterocycles. The second-order valence-corrected chi connectivity index (χ2v) is 7.70. The minimum atomic E-state index is -0.753. The van der Waals surface area contributed by atoms with Gasteiger partial charge in [0.2, 0.25) is 0 Å². The quantitative estimate of drug-likeness (QED) is 0.342. The lowest BCUT2D eigenvalue weighted by atomic mass is 9.95. The molecule has 0 aliphatic carbocycles. The molecule has 0 radical (unpaired) electrons. The number of amides is 1. The first-order valence-electron chi connectivity index (χ1n) is 10.9. The number of hydrogen-bond acceptors (Lipinski definition) is 6. The average Bonchev–Trinajstić information content (AvgIpc) is 3.60. The number of benzene rings is 1. The summed E-state index contributed by atoms with van der Waals surface area (Å²) in [6.45, 7) is 4.95. The van der Waals surface area contributed by atoms with Crippen molar-refractivity contribution < 1.29 is 23.8 Å². The number of furan rings is 1. The molecule has 2 aromatic heterocycles. The smallest absolute Gasteiger partial charge is 0.290 e. The summed E-state index contributed by atoms with van der Waals surface area (Å²) in [6, 6.07) is 9.82. The molecule has 1 aliphatic heterocycles. The number of aliphatic hydroxyl groups excluding tert-OH is 1. The van der Waals surface area contributed by atoms with Crippen molar-refractivity contribution in [1.82, 2.24) is 14.5 Å². The monoisotopic (exact) mass is 459 g/mol. The summed E-state index contributed by atoms with van der Waals surface area (Å²) >= 11 is 0. The van der Waals surface area contributed by atoms with Crippen LogP contribution in [-0.4, -0.2) is 44.4 Å². The highest BCUT2D eigenvalue weighted by Gasteiger charge is 2.42. The molecule has 0 fully saturated rings. The Labute approximate surface area is 197 Å². The number of ether oxygens (including phenoxy) is 1. The number of hydrogen-bond donors (Lipinski definition) is 1. The van der Waals surface area contributed by atoms with Crippen molar-refractivity contribution >= 4 is 17.8 Å². The highest BCUT2D eigenvalue weighted by molar-refractivity contribution is 6.14. The van der Waals surface area contributed by atoms with Crippen molar-refractivity contribution in [3.05, 3.63) is 103 Å². The zero-order valence-electron chi connectivity index (χ0n) is 18.5. The molecule has 1 amide bonds. The number of carbonyl (C=O) groups is 2. The minimum Gasteiger partial charge on any atom is -0.503 e. The van der Waals surface area contributed by atoms with E-state index in [2.05, 4.69) is 11.6 Å². The summed E-state index contributed by atoms with van der Waals surface area (Å²) in [5.41, 5.74) is 0.688. The topological polar surface area (TPSA) is 97.8 Å². The third kappa shape index (κ3) is 5.01. The van der Waals surface area contributed by atoms with Crippen LogP contribution in [0.3, 0.4) is 0 Å². The fourth-order valence-electron chi connectivity index (χ4n) is 3.89. The first-order chi connectivity index (χ1) is 16.6. The SMILES string of the molecule is C=CCOc1cccc(C2C(C(=O)/C=C/c3ccco3)=C(O)C(=O)N2CCCn2ccnc2)c1. The van der Waals surface area contributed by atoms with Gasteiger partial charge in [0.05, 0.1) is 24.2 Å². The lowest BCUT2D eigenvalue weighted by Crippen LogP contribution is -2.32. The maximum Gasteiger partial charge on any atom is 0.290 e. The van der Waals surface area contributed by atoms with Crippen molar-refractivity contribution in [3.8, 4) is 5.75 Å². The van der Waals surface area contributed by atoms with E-state index in [1.54, 1.807) is 48.9 Å². The van der Waals surface area contributed by atoms with Crippen LogP contribution in [0.15, 0.2) is 95.9 Å². The Hall–Kier alpha value is -4.33. The number of rotatable bonds is 11. The number of imidazole rings is 1. The molecule has 1 N–H and O–H groups in total. The maximum atomic E-state index is 13.2. The molecule has 3 aromatic rings. The van der Waals surface area contributed by atoms with Gasteiger partial charge in [0.25, 0.3) is 5.91 Å². The summed E-state index contributed by atoms with van der Waals surface area (Å²) < 4.78 is 12.8. The number of aryl methyl sites for hydroxylation is 1. The molecule has 4 rings (SSSR count). The number of aromatic nitrogens is 2. The van der Waals surface area contributed by atoms with Gasteiger partial charge in [-0.25, -0.2) is 4.98 Å². The predicted molar refractivity (Wildman–Crippen MR) is 126 cm³/mol. The number of aliphatic hydroxyl groups is 1. The van der Waals surface area contributed by atoms with E-state index < -0.39 is 23.5 Å². The second kappa shape index (κ2) is 10.5. The van der Waals surface area contributed by atoms with Gasteiger partial charge in [-0.15, -0.1) is 0 Å². The highest BCUT2D eigenvalue weighted by Crippen LogP contribution is 2.39. The molecular weight excluding hydrogens is 434 g/mol. The number of carbonyl (C=O) groups excluding carboxylic acids is 2. The van der Waals surface area contributed by atoms with E-state index in [1.165, 1.54) is 23.3 Å². The molecule has 34 heavy (non-hydrogen) atoms. The fraction of sp³-hybridized carbons (Fsp3) is 0.192. The summed E-state index contributed by atoms with van der Waals surface area (Å²) in [5, 5.41) is 10.7. The Morgan fingerprint density at radius 2 is 2.15 bits per heavy atom. The normalized spacial score (nSPS) is 15.9. The fourth-order valence-corrected chi connectivity index (χ4v) is 3.89. The first kappa shape index (κ1) is 22.8. The van der Waals surface area contributed by atoms with Gasteiger partial charge in [0.1, 0.15) is 18.1 Å². The molecule has 0 bridgehead atoms. The van der Waals surface area contributed by atoms with Gasteiger partial charge in [-0.2, -0.15) is 0 Å². The van der Waals surface area contributed by atoms with Gasteiger partial charge in [-0.1, -0.05) is 24.8 Å². The maximum absolute atomic E-state index is 13.2. The van der Waals surface area contributed by atoms with E-state index in [1.807, 2.05) is 16.8 Å². The molecule has 1 atom stereocenters. The molecule has 1 aliphatic rings. The van der Waals surface area contributed by atoms with Crippen molar-refractivity contribution in [2.24, 2.45) is 0 Å². The lowest BCUT2D eigenvalue weighted by Gasteiger charge is -2.27. The second-order valence-electron chi connectivity index (χ2n) is 7.70. The van der Waals surface area contributed by atoms with E-state index in [0.29, 0.717) is 43.2 Å².